The monoisotopic (exact) mass is 770 g/mol. The van der Waals surface area contributed by atoms with Crippen molar-refractivity contribution in [3.63, 3.8) is 0 Å². The summed E-state index contributed by atoms with van der Waals surface area (Å²) in [6, 6.07) is 46.6. The third kappa shape index (κ3) is 5.94. The molecule has 4 aliphatic rings. The van der Waals surface area contributed by atoms with Crippen LogP contribution in [0.4, 0.5) is 0 Å². The molecule has 1 N–H and O–H groups in total. The Morgan fingerprint density at radius 3 is 1.74 bits per heavy atom. The van der Waals surface area contributed by atoms with Crippen molar-refractivity contribution in [3.8, 4) is 28.4 Å². The molecule has 2 bridgehead atoms. The minimum Gasteiger partial charge on any atom is -0.497 e. The molecule has 10 rings (SSSR count). The van der Waals surface area contributed by atoms with Crippen molar-refractivity contribution < 1.29 is 38.4 Å². The zero-order chi connectivity index (χ0) is 39.9. The van der Waals surface area contributed by atoms with Crippen LogP contribution in [0.25, 0.3) is 11.1 Å². The van der Waals surface area contributed by atoms with Gasteiger partial charge in [0.15, 0.2) is 0 Å². The van der Waals surface area contributed by atoms with Crippen molar-refractivity contribution in [2.45, 2.75) is 23.4 Å². The Bertz CT molecular complexity index is 2480. The van der Waals surface area contributed by atoms with E-state index in [0.717, 1.165) is 39.5 Å². The summed E-state index contributed by atoms with van der Waals surface area (Å²) in [4.78, 5) is 25.2. The third-order valence-corrected chi connectivity index (χ3v) is 11.9. The first kappa shape index (κ1) is 37.0. The lowest BCUT2D eigenvalue weighted by atomic mass is 9.56. The van der Waals surface area contributed by atoms with E-state index in [1.54, 1.807) is 7.11 Å². The molecule has 290 valence electrons. The summed E-state index contributed by atoms with van der Waals surface area (Å²) in [7, 11) is 1.63. The van der Waals surface area contributed by atoms with E-state index in [1.165, 1.54) is 22.3 Å². The number of esters is 2. The molecule has 6 aromatic rings. The van der Waals surface area contributed by atoms with Gasteiger partial charge in [-0.15, -0.1) is 0 Å². The fraction of sp³-hybridized carbons (Fsp3) is 0.200. The van der Waals surface area contributed by atoms with Crippen molar-refractivity contribution in [2.24, 2.45) is 5.92 Å². The van der Waals surface area contributed by atoms with Crippen molar-refractivity contribution in [1.29, 1.82) is 0 Å². The molecule has 0 fully saturated rings. The fourth-order valence-electron chi connectivity index (χ4n) is 9.46. The van der Waals surface area contributed by atoms with Crippen LogP contribution in [0.1, 0.15) is 56.8 Å². The number of fused-ring (bicyclic) bond motifs is 4. The van der Waals surface area contributed by atoms with Crippen LogP contribution in [0.5, 0.6) is 17.2 Å². The first-order valence-corrected chi connectivity index (χ1v) is 19.5. The number of rotatable bonds is 13. The van der Waals surface area contributed by atoms with E-state index in [1.807, 2.05) is 66.7 Å². The maximum Gasteiger partial charge on any atom is 0.330 e. The van der Waals surface area contributed by atoms with Crippen LogP contribution in [0.2, 0.25) is 0 Å². The van der Waals surface area contributed by atoms with E-state index in [2.05, 4.69) is 79.4 Å². The number of carbonyl (C=O) groups is 2. The van der Waals surface area contributed by atoms with Crippen LogP contribution in [-0.2, 0) is 30.1 Å². The first-order valence-electron chi connectivity index (χ1n) is 19.5. The molecule has 0 saturated heterocycles. The summed E-state index contributed by atoms with van der Waals surface area (Å²) < 4.78 is 28.4. The molecule has 0 radical (unpaired) electrons. The maximum absolute atomic E-state index is 13.7. The Labute approximate surface area is 337 Å². The molecule has 0 heterocycles. The lowest BCUT2D eigenvalue weighted by Crippen LogP contribution is -2.50. The number of hydrogen-bond acceptors (Lipinski definition) is 8. The largest absolute Gasteiger partial charge is 0.497 e. The number of carbonyl (C=O) groups excluding carboxylic acids is 2. The smallest absolute Gasteiger partial charge is 0.330 e. The summed E-state index contributed by atoms with van der Waals surface area (Å²) >= 11 is 0. The van der Waals surface area contributed by atoms with E-state index >= 15 is 0 Å². The molecule has 3 atom stereocenters. The van der Waals surface area contributed by atoms with E-state index in [0.29, 0.717) is 23.7 Å². The van der Waals surface area contributed by atoms with E-state index in [-0.39, 0.29) is 32.3 Å². The van der Waals surface area contributed by atoms with Crippen molar-refractivity contribution >= 4 is 11.9 Å². The molecule has 8 nitrogen and oxygen atoms in total. The van der Waals surface area contributed by atoms with Gasteiger partial charge in [0.2, 0.25) is 0 Å². The number of methoxy groups -OCH3 is 1. The SMILES string of the molecule is C=CC(=O)OCCOc1ccc(C2(c3ccc(OCCOC(=O)C4CC5c6ccccc6C4(O)c4ccc(OC)cc45)cc3)c3ccccc3-c3ccccc32)cc1. The van der Waals surface area contributed by atoms with Gasteiger partial charge in [-0.3, -0.25) is 4.79 Å². The molecular formula is C50H42O8. The summed E-state index contributed by atoms with van der Waals surface area (Å²) in [5.41, 5.74) is 8.16. The highest BCUT2D eigenvalue weighted by Gasteiger charge is 2.57. The van der Waals surface area contributed by atoms with E-state index in [9.17, 15) is 14.7 Å². The second-order valence-corrected chi connectivity index (χ2v) is 14.8. The van der Waals surface area contributed by atoms with Gasteiger partial charge in [0, 0.05) is 12.0 Å². The normalized spacial score (nSPS) is 18.8. The Morgan fingerprint density at radius 2 is 1.16 bits per heavy atom. The molecule has 6 aromatic carbocycles. The van der Waals surface area contributed by atoms with Gasteiger partial charge >= 0.3 is 11.9 Å². The summed E-state index contributed by atoms with van der Waals surface area (Å²) in [5, 5.41) is 12.4. The number of hydrogen-bond donors (Lipinski definition) is 1. The van der Waals surface area contributed by atoms with Crippen molar-refractivity contribution in [2.75, 3.05) is 33.5 Å². The molecule has 8 heteroatoms. The van der Waals surface area contributed by atoms with Gasteiger partial charge in [-0.1, -0.05) is 110 Å². The number of aliphatic hydroxyl groups is 1. The molecule has 0 spiro atoms. The minimum absolute atomic E-state index is 0.0325. The standard InChI is InChI=1S/C50H42O8/c1-3-47(51)57-28-26-55-34-20-16-32(17-21-34)49(42-13-7-4-10-37(42)38-11-5-8-14-43(38)49)33-18-22-35(23-19-33)56-27-29-58-48(52)46-31-40-39-12-6-9-15-44(39)50(46,53)45-25-24-36(54-2)30-41(40)45/h3-25,30,40,46,53H,1,26-29,31H2,2H3. The van der Waals surface area contributed by atoms with Gasteiger partial charge in [0.05, 0.1) is 18.4 Å². The molecule has 0 aromatic heterocycles. The zero-order valence-corrected chi connectivity index (χ0v) is 32.1. The third-order valence-electron chi connectivity index (χ3n) is 11.9. The zero-order valence-electron chi connectivity index (χ0n) is 32.1. The Balaban J connectivity index is 0.925. The first-order chi connectivity index (χ1) is 28.4. The van der Waals surface area contributed by atoms with Gasteiger partial charge in [0.1, 0.15) is 49.3 Å². The van der Waals surface area contributed by atoms with Gasteiger partial charge in [0.25, 0.3) is 0 Å². The Kier molecular flexibility index (Phi) is 9.58. The van der Waals surface area contributed by atoms with Gasteiger partial charge in [-0.05, 0) is 98.5 Å². The highest BCUT2D eigenvalue weighted by molar-refractivity contribution is 5.86. The highest BCUT2D eigenvalue weighted by atomic mass is 16.6. The summed E-state index contributed by atoms with van der Waals surface area (Å²) in [5.74, 6) is 0.269. The van der Waals surface area contributed by atoms with Crippen LogP contribution >= 0.6 is 0 Å². The quantitative estimate of drug-likeness (QED) is 0.0709. The van der Waals surface area contributed by atoms with E-state index in [4.69, 9.17) is 23.7 Å². The van der Waals surface area contributed by atoms with Crippen molar-refractivity contribution in [1.82, 2.24) is 0 Å². The lowest BCUT2D eigenvalue weighted by molar-refractivity contribution is -0.160. The number of benzene rings is 6. The Morgan fingerprint density at radius 1 is 0.638 bits per heavy atom. The van der Waals surface area contributed by atoms with Crippen LogP contribution in [0, 0.1) is 5.92 Å². The topological polar surface area (TPSA) is 101 Å². The summed E-state index contributed by atoms with van der Waals surface area (Å²) in [6.07, 6.45) is 1.57. The average Bonchev–Trinajstić information content (AvgIpc) is 3.58. The average molecular weight is 771 g/mol. The molecule has 0 saturated carbocycles. The second-order valence-electron chi connectivity index (χ2n) is 14.8. The van der Waals surface area contributed by atoms with Gasteiger partial charge in [-0.25, -0.2) is 4.79 Å². The van der Waals surface area contributed by atoms with E-state index < -0.39 is 28.9 Å². The van der Waals surface area contributed by atoms with Crippen molar-refractivity contribution in [3.05, 3.63) is 197 Å². The minimum atomic E-state index is -1.51. The predicted octanol–water partition coefficient (Wildman–Crippen LogP) is 8.49. The van der Waals surface area contributed by atoms with Crippen LogP contribution < -0.4 is 14.2 Å². The number of ether oxygens (including phenoxy) is 5. The highest BCUT2D eigenvalue weighted by Crippen LogP contribution is 2.59. The van der Waals surface area contributed by atoms with Gasteiger partial charge < -0.3 is 28.8 Å². The van der Waals surface area contributed by atoms with Gasteiger partial charge in [-0.2, -0.15) is 0 Å². The molecule has 0 amide bonds. The Hall–Kier alpha value is -6.64. The second kappa shape index (κ2) is 15.0. The van der Waals surface area contributed by atoms with Crippen LogP contribution in [0.15, 0.2) is 152 Å². The predicted molar refractivity (Wildman–Crippen MR) is 219 cm³/mol. The lowest BCUT2D eigenvalue weighted by Gasteiger charge is -2.50. The molecular weight excluding hydrogens is 729 g/mol. The van der Waals surface area contributed by atoms with Crippen LogP contribution in [0.3, 0.4) is 0 Å². The van der Waals surface area contributed by atoms with Crippen LogP contribution in [-0.4, -0.2) is 50.6 Å². The molecule has 58 heavy (non-hydrogen) atoms. The maximum atomic E-state index is 13.7. The summed E-state index contributed by atoms with van der Waals surface area (Å²) in [6.45, 7) is 3.95. The fourth-order valence-corrected chi connectivity index (χ4v) is 9.46. The molecule has 3 unspecified atom stereocenters. The molecule has 0 aliphatic heterocycles. The molecule has 4 aliphatic carbocycles.